The molecule has 142 valence electrons. The van der Waals surface area contributed by atoms with Gasteiger partial charge in [-0.25, -0.2) is 0 Å². The first-order chi connectivity index (χ1) is 13.5. The van der Waals surface area contributed by atoms with E-state index in [0.717, 1.165) is 5.56 Å². The molecule has 0 saturated heterocycles. The molecule has 1 aromatic heterocycles. The van der Waals surface area contributed by atoms with Crippen LogP contribution in [0.1, 0.15) is 26.4 Å². The van der Waals surface area contributed by atoms with Crippen molar-refractivity contribution in [2.24, 2.45) is 0 Å². The highest BCUT2D eigenvalue weighted by Crippen LogP contribution is 2.31. The first kappa shape index (κ1) is 19.4. The van der Waals surface area contributed by atoms with E-state index in [1.807, 2.05) is 25.1 Å². The van der Waals surface area contributed by atoms with Crippen LogP contribution < -0.4 is 15.4 Å². The molecule has 0 aliphatic heterocycles. The fourth-order valence-corrected chi connectivity index (χ4v) is 2.69. The summed E-state index contributed by atoms with van der Waals surface area (Å²) in [7, 11) is 1.49. The smallest absolute Gasteiger partial charge is 0.274 e. The molecule has 0 fully saturated rings. The Kier molecular flexibility index (Phi) is 5.91. The second-order valence-corrected chi connectivity index (χ2v) is 6.41. The van der Waals surface area contributed by atoms with Crippen molar-refractivity contribution in [3.8, 4) is 5.75 Å². The zero-order valence-corrected chi connectivity index (χ0v) is 16.1. The Bertz CT molecular complexity index is 1020. The van der Waals surface area contributed by atoms with Gasteiger partial charge in [0.25, 0.3) is 11.8 Å². The summed E-state index contributed by atoms with van der Waals surface area (Å²) >= 11 is 6.09. The van der Waals surface area contributed by atoms with Crippen LogP contribution >= 0.6 is 11.6 Å². The van der Waals surface area contributed by atoms with Crippen LogP contribution in [0.25, 0.3) is 0 Å². The predicted octanol–water partition coefficient (Wildman–Crippen LogP) is 4.56. The summed E-state index contributed by atoms with van der Waals surface area (Å²) < 4.78 is 5.26. The number of benzene rings is 2. The largest absolute Gasteiger partial charge is 0.495 e. The van der Waals surface area contributed by atoms with Gasteiger partial charge in [-0.1, -0.05) is 29.8 Å². The second kappa shape index (κ2) is 8.54. The molecule has 0 aliphatic rings. The van der Waals surface area contributed by atoms with E-state index in [9.17, 15) is 9.59 Å². The lowest BCUT2D eigenvalue weighted by Crippen LogP contribution is -2.17. The molecule has 0 atom stereocenters. The van der Waals surface area contributed by atoms with E-state index in [4.69, 9.17) is 16.3 Å². The van der Waals surface area contributed by atoms with E-state index in [0.29, 0.717) is 27.7 Å². The van der Waals surface area contributed by atoms with E-state index in [2.05, 4.69) is 15.6 Å². The van der Waals surface area contributed by atoms with Gasteiger partial charge in [0, 0.05) is 28.5 Å². The number of hydrogen-bond acceptors (Lipinski definition) is 4. The van der Waals surface area contributed by atoms with Gasteiger partial charge in [0.2, 0.25) is 0 Å². The molecule has 3 aromatic rings. The van der Waals surface area contributed by atoms with Crippen molar-refractivity contribution in [2.45, 2.75) is 6.92 Å². The maximum absolute atomic E-state index is 12.6. The summed E-state index contributed by atoms with van der Waals surface area (Å²) in [6.07, 6.45) is 1.42. The highest BCUT2D eigenvalue weighted by molar-refractivity contribution is 6.31. The van der Waals surface area contributed by atoms with Gasteiger partial charge >= 0.3 is 0 Å². The van der Waals surface area contributed by atoms with Crippen LogP contribution in [0.2, 0.25) is 5.02 Å². The fourth-order valence-electron chi connectivity index (χ4n) is 2.54. The molecule has 0 aliphatic carbocycles. The number of hydrogen-bond donors (Lipinski definition) is 2. The number of anilines is 2. The fraction of sp³-hybridized carbons (Fsp3) is 0.0952. The maximum atomic E-state index is 12.6. The minimum Gasteiger partial charge on any atom is -0.495 e. The summed E-state index contributed by atoms with van der Waals surface area (Å²) in [4.78, 5) is 29.1. The van der Waals surface area contributed by atoms with Crippen molar-refractivity contribution in [1.82, 2.24) is 4.98 Å². The summed E-state index contributed by atoms with van der Waals surface area (Å²) in [6, 6.07) is 15.4. The number of rotatable bonds is 5. The number of carbonyl (C=O) groups excluding carboxylic acids is 2. The molecular weight excluding hydrogens is 378 g/mol. The molecule has 2 aromatic carbocycles. The molecular formula is C21H18ClN3O3. The lowest BCUT2D eigenvalue weighted by Gasteiger charge is -2.12. The summed E-state index contributed by atoms with van der Waals surface area (Å²) in [5, 5.41) is 6.05. The Hall–Kier alpha value is -3.38. The summed E-state index contributed by atoms with van der Waals surface area (Å²) in [6.45, 7) is 1.82. The third-order valence-electron chi connectivity index (χ3n) is 4.02. The van der Waals surface area contributed by atoms with Crippen molar-refractivity contribution in [1.29, 1.82) is 0 Å². The molecule has 2 amide bonds. The molecule has 7 heteroatoms. The highest BCUT2D eigenvalue weighted by Gasteiger charge is 2.15. The Morgan fingerprint density at radius 1 is 1.00 bits per heavy atom. The van der Waals surface area contributed by atoms with Gasteiger partial charge in [-0.3, -0.25) is 14.6 Å². The van der Waals surface area contributed by atoms with Gasteiger partial charge in [0.1, 0.15) is 11.4 Å². The van der Waals surface area contributed by atoms with Gasteiger partial charge in [-0.05, 0) is 42.8 Å². The van der Waals surface area contributed by atoms with Gasteiger partial charge in [-0.2, -0.15) is 0 Å². The minimum absolute atomic E-state index is 0.107. The van der Waals surface area contributed by atoms with Crippen LogP contribution in [0.5, 0.6) is 5.75 Å². The number of nitrogens with one attached hydrogen (secondary N) is 2. The first-order valence-corrected chi connectivity index (χ1v) is 8.83. The number of amides is 2. The van der Waals surface area contributed by atoms with Crippen LogP contribution in [0.4, 0.5) is 11.4 Å². The molecule has 0 unspecified atom stereocenters. The van der Waals surface area contributed by atoms with Crippen molar-refractivity contribution in [3.63, 3.8) is 0 Å². The number of para-hydroxylation sites is 1. The number of ether oxygens (including phenoxy) is 1. The molecule has 6 nitrogen and oxygen atoms in total. The zero-order chi connectivity index (χ0) is 20.1. The summed E-state index contributed by atoms with van der Waals surface area (Å²) in [5.74, 6) is -0.362. The molecule has 1 heterocycles. The van der Waals surface area contributed by atoms with Crippen molar-refractivity contribution >= 4 is 34.8 Å². The van der Waals surface area contributed by atoms with Crippen molar-refractivity contribution in [2.75, 3.05) is 17.7 Å². The number of aryl methyl sites for hydroxylation is 1. The van der Waals surface area contributed by atoms with Crippen LogP contribution in [0.3, 0.4) is 0 Å². The topological polar surface area (TPSA) is 80.3 Å². The molecule has 0 spiro atoms. The van der Waals surface area contributed by atoms with E-state index in [1.54, 1.807) is 30.3 Å². The average Bonchev–Trinajstić information content (AvgIpc) is 2.71. The van der Waals surface area contributed by atoms with E-state index in [-0.39, 0.29) is 11.6 Å². The monoisotopic (exact) mass is 395 g/mol. The van der Waals surface area contributed by atoms with Crippen molar-refractivity contribution < 1.29 is 14.3 Å². The SMILES string of the molecule is COc1cc(Cl)c(C)cc1NC(=O)c1cc(C(=O)Nc2ccccc2)ccn1. The average molecular weight is 396 g/mol. The Morgan fingerprint density at radius 2 is 1.75 bits per heavy atom. The quantitative estimate of drug-likeness (QED) is 0.663. The highest BCUT2D eigenvalue weighted by atomic mass is 35.5. The molecule has 3 rings (SSSR count). The van der Waals surface area contributed by atoms with Crippen LogP contribution in [-0.2, 0) is 0 Å². The second-order valence-electron chi connectivity index (χ2n) is 6.01. The lowest BCUT2D eigenvalue weighted by molar-refractivity contribution is 0.102. The van der Waals surface area contributed by atoms with Crippen LogP contribution in [-0.4, -0.2) is 23.9 Å². The normalized spacial score (nSPS) is 10.2. The molecule has 0 radical (unpaired) electrons. The first-order valence-electron chi connectivity index (χ1n) is 8.46. The van der Waals surface area contributed by atoms with Gasteiger partial charge in [-0.15, -0.1) is 0 Å². The van der Waals surface area contributed by atoms with Gasteiger partial charge in [0.05, 0.1) is 12.8 Å². The number of halogens is 1. The Morgan fingerprint density at radius 3 is 2.46 bits per heavy atom. The summed E-state index contributed by atoms with van der Waals surface area (Å²) in [5.41, 5.74) is 2.35. The molecule has 0 saturated carbocycles. The van der Waals surface area contributed by atoms with Crippen molar-refractivity contribution in [3.05, 3.63) is 82.6 Å². The van der Waals surface area contributed by atoms with Crippen LogP contribution in [0.15, 0.2) is 60.8 Å². The van der Waals surface area contributed by atoms with Gasteiger partial charge < -0.3 is 15.4 Å². The third-order valence-corrected chi connectivity index (χ3v) is 4.42. The zero-order valence-electron chi connectivity index (χ0n) is 15.3. The van der Waals surface area contributed by atoms with Crippen LogP contribution in [0, 0.1) is 6.92 Å². The molecule has 28 heavy (non-hydrogen) atoms. The standard InChI is InChI=1S/C21H18ClN3O3/c1-13-10-17(19(28-2)12-16(13)22)25-21(27)18-11-14(8-9-23-18)20(26)24-15-6-4-3-5-7-15/h3-12H,1-2H3,(H,24,26)(H,25,27). The number of carbonyl (C=O) groups is 2. The number of nitrogens with zero attached hydrogens (tertiary/aromatic N) is 1. The minimum atomic E-state index is -0.464. The van der Waals surface area contributed by atoms with E-state index >= 15 is 0 Å². The number of pyridine rings is 1. The number of aromatic nitrogens is 1. The Balaban J connectivity index is 1.79. The van der Waals surface area contributed by atoms with E-state index < -0.39 is 5.91 Å². The third kappa shape index (κ3) is 4.47. The molecule has 0 bridgehead atoms. The maximum Gasteiger partial charge on any atom is 0.274 e. The van der Waals surface area contributed by atoms with E-state index in [1.165, 1.54) is 19.4 Å². The van der Waals surface area contributed by atoms with Gasteiger partial charge in [0.15, 0.2) is 0 Å². The molecule has 2 N–H and O–H groups in total. The Labute approximate surface area is 167 Å². The number of methoxy groups -OCH3 is 1. The predicted molar refractivity (Wildman–Crippen MR) is 109 cm³/mol. The lowest BCUT2D eigenvalue weighted by atomic mass is 10.1.